The topological polar surface area (TPSA) is 76.7 Å². The minimum absolute atomic E-state index is 0.0390. The highest BCUT2D eigenvalue weighted by Gasteiger charge is 2.07. The summed E-state index contributed by atoms with van der Waals surface area (Å²) in [5.74, 6) is -0.397. The van der Waals surface area contributed by atoms with Crippen molar-refractivity contribution in [3.05, 3.63) is 33.8 Å². The van der Waals surface area contributed by atoms with E-state index in [-0.39, 0.29) is 22.9 Å². The van der Waals surface area contributed by atoms with Gasteiger partial charge in [-0.2, -0.15) is 15.0 Å². The van der Waals surface area contributed by atoms with Gasteiger partial charge in [-0.3, -0.25) is 0 Å². The van der Waals surface area contributed by atoms with Gasteiger partial charge in [-0.25, -0.2) is 4.39 Å². The van der Waals surface area contributed by atoms with Crippen molar-refractivity contribution in [3.8, 4) is 0 Å². The third-order valence-corrected chi connectivity index (χ3v) is 2.46. The van der Waals surface area contributed by atoms with Gasteiger partial charge in [-0.05, 0) is 29.8 Å². The van der Waals surface area contributed by atoms with E-state index in [1.807, 2.05) is 0 Å². The maximum atomic E-state index is 13.4. The van der Waals surface area contributed by atoms with Gasteiger partial charge >= 0.3 is 0 Å². The van der Waals surface area contributed by atoms with Crippen LogP contribution in [0.4, 0.5) is 22.0 Å². The third kappa shape index (κ3) is 3.01. The van der Waals surface area contributed by atoms with Crippen molar-refractivity contribution >= 4 is 45.1 Å². The predicted octanol–water partition coefficient (Wildman–Crippen LogP) is 2.75. The Morgan fingerprint density at radius 2 is 2.06 bits per heavy atom. The highest BCUT2D eigenvalue weighted by molar-refractivity contribution is 9.10. The minimum Gasteiger partial charge on any atom is -0.368 e. The highest BCUT2D eigenvalue weighted by atomic mass is 79.9. The molecule has 0 bridgehead atoms. The lowest BCUT2D eigenvalue weighted by molar-refractivity contribution is 0.631. The normalized spacial score (nSPS) is 10.3. The molecule has 1 aromatic carbocycles. The Labute approximate surface area is 109 Å². The summed E-state index contributed by atoms with van der Waals surface area (Å²) < 4.78 is 14.2. The summed E-state index contributed by atoms with van der Waals surface area (Å²) in [4.78, 5) is 11.1. The maximum Gasteiger partial charge on any atom is 0.233 e. The SMILES string of the molecule is Nc1nc(Cl)nc(Nc2cc(Br)ccc2F)n1. The first-order valence-electron chi connectivity index (χ1n) is 4.44. The van der Waals surface area contributed by atoms with Gasteiger partial charge in [0.2, 0.25) is 17.2 Å². The van der Waals surface area contributed by atoms with Crippen LogP contribution in [0.15, 0.2) is 22.7 Å². The number of nitrogens with zero attached hydrogens (tertiary/aromatic N) is 3. The fourth-order valence-electron chi connectivity index (χ4n) is 1.14. The van der Waals surface area contributed by atoms with E-state index in [2.05, 4.69) is 36.2 Å². The lowest BCUT2D eigenvalue weighted by Gasteiger charge is -2.06. The van der Waals surface area contributed by atoms with Crippen LogP contribution in [0.25, 0.3) is 0 Å². The molecule has 2 rings (SSSR count). The largest absolute Gasteiger partial charge is 0.368 e. The second kappa shape index (κ2) is 4.80. The number of halogens is 3. The molecule has 0 aliphatic rings. The Bertz CT molecular complexity index is 545. The maximum absolute atomic E-state index is 13.4. The minimum atomic E-state index is -0.441. The number of hydrogen-bond acceptors (Lipinski definition) is 5. The van der Waals surface area contributed by atoms with Crippen molar-refractivity contribution in [1.82, 2.24) is 15.0 Å². The molecule has 1 heterocycles. The van der Waals surface area contributed by atoms with Crippen molar-refractivity contribution in [1.29, 1.82) is 0 Å². The van der Waals surface area contributed by atoms with Crippen LogP contribution < -0.4 is 11.1 Å². The van der Waals surface area contributed by atoms with E-state index in [9.17, 15) is 4.39 Å². The summed E-state index contributed by atoms with van der Waals surface area (Å²) in [5.41, 5.74) is 5.60. The number of anilines is 3. The van der Waals surface area contributed by atoms with Gasteiger partial charge in [-0.15, -0.1) is 0 Å². The summed E-state index contributed by atoms with van der Waals surface area (Å²) in [6.45, 7) is 0. The molecular weight excluding hydrogens is 312 g/mol. The average Bonchev–Trinajstić information content (AvgIpc) is 2.22. The molecule has 0 saturated heterocycles. The molecule has 2 aromatic rings. The van der Waals surface area contributed by atoms with E-state index in [4.69, 9.17) is 17.3 Å². The van der Waals surface area contributed by atoms with E-state index in [1.165, 1.54) is 6.07 Å². The van der Waals surface area contributed by atoms with E-state index in [0.29, 0.717) is 0 Å². The number of benzene rings is 1. The molecule has 1 aromatic heterocycles. The summed E-state index contributed by atoms with van der Waals surface area (Å²) in [6.07, 6.45) is 0. The van der Waals surface area contributed by atoms with Crippen molar-refractivity contribution in [2.75, 3.05) is 11.1 Å². The van der Waals surface area contributed by atoms with Crippen LogP contribution in [-0.2, 0) is 0 Å². The third-order valence-electron chi connectivity index (χ3n) is 1.80. The summed E-state index contributed by atoms with van der Waals surface area (Å²) in [7, 11) is 0. The van der Waals surface area contributed by atoms with Crippen molar-refractivity contribution in [2.45, 2.75) is 0 Å². The van der Waals surface area contributed by atoms with Crippen LogP contribution in [0.3, 0.4) is 0 Å². The molecule has 0 spiro atoms. The molecule has 0 amide bonds. The van der Waals surface area contributed by atoms with Crippen LogP contribution >= 0.6 is 27.5 Å². The zero-order valence-electron chi connectivity index (χ0n) is 8.28. The fourth-order valence-corrected chi connectivity index (χ4v) is 1.66. The molecule has 8 heteroatoms. The average molecular weight is 319 g/mol. The molecule has 0 aliphatic carbocycles. The van der Waals surface area contributed by atoms with Gasteiger partial charge in [0.25, 0.3) is 0 Å². The van der Waals surface area contributed by atoms with Crippen molar-refractivity contribution in [2.24, 2.45) is 0 Å². The fraction of sp³-hybridized carbons (Fsp3) is 0. The van der Waals surface area contributed by atoms with Gasteiger partial charge in [0, 0.05) is 4.47 Å². The van der Waals surface area contributed by atoms with Gasteiger partial charge < -0.3 is 11.1 Å². The smallest absolute Gasteiger partial charge is 0.233 e. The first-order valence-corrected chi connectivity index (χ1v) is 5.61. The first-order chi connectivity index (χ1) is 8.04. The molecule has 0 radical (unpaired) electrons. The molecule has 0 fully saturated rings. The molecule has 0 unspecified atom stereocenters. The molecule has 17 heavy (non-hydrogen) atoms. The number of aromatic nitrogens is 3. The van der Waals surface area contributed by atoms with Gasteiger partial charge in [0.1, 0.15) is 5.82 Å². The van der Waals surface area contributed by atoms with Crippen LogP contribution in [0.5, 0.6) is 0 Å². The standard InChI is InChI=1S/C9H6BrClFN5/c10-4-1-2-5(12)6(3-4)14-9-16-7(11)15-8(13)17-9/h1-3H,(H3,13,14,15,16,17). The zero-order valence-corrected chi connectivity index (χ0v) is 10.6. The van der Waals surface area contributed by atoms with Crippen LogP contribution in [0, 0.1) is 5.82 Å². The molecule has 3 N–H and O–H groups in total. The quantitative estimate of drug-likeness (QED) is 0.890. The molecule has 0 saturated carbocycles. The number of hydrogen-bond donors (Lipinski definition) is 2. The summed E-state index contributed by atoms with van der Waals surface area (Å²) in [6, 6.07) is 4.43. The predicted molar refractivity (Wildman–Crippen MR) is 66.6 cm³/mol. The van der Waals surface area contributed by atoms with E-state index >= 15 is 0 Å². The molecule has 0 atom stereocenters. The molecule has 0 aliphatic heterocycles. The zero-order chi connectivity index (χ0) is 12.4. The number of nitrogen functional groups attached to an aromatic ring is 1. The monoisotopic (exact) mass is 317 g/mol. The Balaban J connectivity index is 2.34. The second-order valence-electron chi connectivity index (χ2n) is 3.04. The van der Waals surface area contributed by atoms with Crippen LogP contribution in [-0.4, -0.2) is 15.0 Å². The molecule has 5 nitrogen and oxygen atoms in total. The summed E-state index contributed by atoms with van der Waals surface area (Å²) in [5, 5.41) is 2.60. The van der Waals surface area contributed by atoms with Crippen molar-refractivity contribution in [3.63, 3.8) is 0 Å². The number of rotatable bonds is 2. The number of nitrogens with two attached hydrogens (primary N) is 1. The Kier molecular flexibility index (Phi) is 3.39. The molecular formula is C9H6BrClFN5. The molecule has 88 valence electrons. The van der Waals surface area contributed by atoms with E-state index in [0.717, 1.165) is 4.47 Å². The lowest BCUT2D eigenvalue weighted by Crippen LogP contribution is -2.04. The van der Waals surface area contributed by atoms with Crippen LogP contribution in [0.1, 0.15) is 0 Å². The second-order valence-corrected chi connectivity index (χ2v) is 4.29. The number of nitrogens with one attached hydrogen (secondary N) is 1. The highest BCUT2D eigenvalue weighted by Crippen LogP contribution is 2.22. The Hall–Kier alpha value is -1.47. The van der Waals surface area contributed by atoms with Gasteiger partial charge in [0.05, 0.1) is 5.69 Å². The Morgan fingerprint density at radius 1 is 1.29 bits per heavy atom. The van der Waals surface area contributed by atoms with E-state index < -0.39 is 5.82 Å². The van der Waals surface area contributed by atoms with Gasteiger partial charge in [0.15, 0.2) is 0 Å². The first kappa shape index (κ1) is 12.0. The van der Waals surface area contributed by atoms with E-state index in [1.54, 1.807) is 12.1 Å². The summed E-state index contributed by atoms with van der Waals surface area (Å²) >= 11 is 8.83. The van der Waals surface area contributed by atoms with Crippen LogP contribution in [0.2, 0.25) is 5.28 Å². The Morgan fingerprint density at radius 3 is 2.76 bits per heavy atom. The van der Waals surface area contributed by atoms with Gasteiger partial charge in [-0.1, -0.05) is 15.9 Å². The van der Waals surface area contributed by atoms with Crippen molar-refractivity contribution < 1.29 is 4.39 Å². The lowest BCUT2D eigenvalue weighted by atomic mass is 10.3.